The molecule has 0 radical (unpaired) electrons. The van der Waals surface area contributed by atoms with E-state index in [0.29, 0.717) is 17.4 Å². The molecule has 7 nitrogen and oxygen atoms in total. The van der Waals surface area contributed by atoms with Crippen LogP contribution >= 0.6 is 0 Å². The van der Waals surface area contributed by atoms with E-state index in [1.165, 1.54) is 26.4 Å². The van der Waals surface area contributed by atoms with Gasteiger partial charge in [0.25, 0.3) is 0 Å². The Labute approximate surface area is 177 Å². The Balaban J connectivity index is 1.64. The molecule has 0 spiro atoms. The molecule has 1 N–H and O–H groups in total. The fourth-order valence-electron chi connectivity index (χ4n) is 4.47. The molecular formula is C23H28N4O3. The third-order valence-corrected chi connectivity index (χ3v) is 6.11. The number of hydrogen-bond donors (Lipinski definition) is 1. The molecular weight excluding hydrogens is 380 g/mol. The van der Waals surface area contributed by atoms with Gasteiger partial charge in [0.15, 0.2) is 5.82 Å². The number of carbonyl (C=O) groups excluding carboxylic acids is 2. The van der Waals surface area contributed by atoms with Crippen molar-refractivity contribution < 1.29 is 14.3 Å². The standard InChI is InChI=1S/C23H28N4O3/c1-15-22(28)26(2)19-13-14-20(24-17-11-9-16(10-12-17)23(29)30-3)25-21(19)27(15)18-7-5-4-6-8-18/h9-15,18H,4-8H2,1-3H3,(H,24,25)/t15-/m1/s1. The maximum atomic E-state index is 12.8. The Morgan fingerprint density at radius 3 is 2.47 bits per heavy atom. The highest BCUT2D eigenvalue weighted by molar-refractivity contribution is 6.04. The van der Waals surface area contributed by atoms with Gasteiger partial charge in [0.2, 0.25) is 5.91 Å². The van der Waals surface area contributed by atoms with E-state index in [9.17, 15) is 9.59 Å². The average Bonchev–Trinajstić information content (AvgIpc) is 2.78. The molecule has 2 aromatic rings. The molecule has 1 saturated carbocycles. The molecule has 2 aliphatic rings. The van der Waals surface area contributed by atoms with Crippen LogP contribution in [0.5, 0.6) is 0 Å². The van der Waals surface area contributed by atoms with Crippen molar-refractivity contribution in [2.24, 2.45) is 0 Å². The van der Waals surface area contributed by atoms with Crippen LogP contribution in [0.1, 0.15) is 49.4 Å². The molecule has 0 saturated heterocycles. The van der Waals surface area contributed by atoms with Crippen molar-refractivity contribution >= 4 is 34.9 Å². The van der Waals surface area contributed by atoms with Gasteiger partial charge in [-0.25, -0.2) is 9.78 Å². The lowest BCUT2D eigenvalue weighted by molar-refractivity contribution is -0.119. The van der Waals surface area contributed by atoms with Crippen LogP contribution in [0.4, 0.5) is 23.0 Å². The summed E-state index contributed by atoms with van der Waals surface area (Å²) in [6.45, 7) is 1.98. The number of nitrogens with one attached hydrogen (secondary N) is 1. The minimum atomic E-state index is -0.363. The lowest BCUT2D eigenvalue weighted by atomic mass is 9.92. The minimum Gasteiger partial charge on any atom is -0.465 e. The Morgan fingerprint density at radius 2 is 1.80 bits per heavy atom. The molecule has 4 rings (SSSR count). The molecule has 1 atom stereocenters. The van der Waals surface area contributed by atoms with Gasteiger partial charge in [-0.05, 0) is 56.2 Å². The van der Waals surface area contributed by atoms with Crippen molar-refractivity contribution in [3.63, 3.8) is 0 Å². The summed E-state index contributed by atoms with van der Waals surface area (Å²) in [5.74, 6) is 1.30. The maximum Gasteiger partial charge on any atom is 0.337 e. The number of aromatic nitrogens is 1. The van der Waals surface area contributed by atoms with Crippen molar-refractivity contribution in [1.82, 2.24) is 4.98 Å². The first-order valence-electron chi connectivity index (χ1n) is 10.5. The number of rotatable bonds is 4. The first kappa shape index (κ1) is 20.2. The number of hydrogen-bond acceptors (Lipinski definition) is 6. The monoisotopic (exact) mass is 408 g/mol. The van der Waals surface area contributed by atoms with Crippen LogP contribution in [0.25, 0.3) is 0 Å². The fraction of sp³-hybridized carbons (Fsp3) is 0.435. The van der Waals surface area contributed by atoms with Crippen molar-refractivity contribution in [2.45, 2.75) is 51.1 Å². The maximum absolute atomic E-state index is 12.8. The summed E-state index contributed by atoms with van der Waals surface area (Å²) >= 11 is 0. The number of fused-ring (bicyclic) bond motifs is 1. The zero-order valence-electron chi connectivity index (χ0n) is 17.7. The number of benzene rings is 1. The second-order valence-corrected chi connectivity index (χ2v) is 8.01. The second-order valence-electron chi connectivity index (χ2n) is 8.01. The van der Waals surface area contributed by atoms with E-state index >= 15 is 0 Å². The fourth-order valence-corrected chi connectivity index (χ4v) is 4.47. The first-order chi connectivity index (χ1) is 14.5. The number of anilines is 4. The highest BCUT2D eigenvalue weighted by Gasteiger charge is 2.38. The minimum absolute atomic E-state index is 0.106. The molecule has 1 aliphatic carbocycles. The van der Waals surface area contributed by atoms with Crippen molar-refractivity contribution in [1.29, 1.82) is 0 Å². The topological polar surface area (TPSA) is 74.8 Å². The molecule has 0 unspecified atom stereocenters. The number of methoxy groups -OCH3 is 1. The molecule has 158 valence electrons. The van der Waals surface area contributed by atoms with Gasteiger partial charge in [0.1, 0.15) is 11.9 Å². The summed E-state index contributed by atoms with van der Waals surface area (Å²) < 4.78 is 4.75. The van der Waals surface area contributed by atoms with Gasteiger partial charge in [0.05, 0.1) is 18.4 Å². The summed E-state index contributed by atoms with van der Waals surface area (Å²) in [5.41, 5.74) is 2.17. The predicted molar refractivity (Wildman–Crippen MR) is 118 cm³/mol. The molecule has 1 aromatic heterocycles. The van der Waals surface area contributed by atoms with Gasteiger partial charge in [0, 0.05) is 18.8 Å². The molecule has 30 heavy (non-hydrogen) atoms. The molecule has 1 aromatic carbocycles. The summed E-state index contributed by atoms with van der Waals surface area (Å²) in [4.78, 5) is 33.3. The molecule has 1 fully saturated rings. The van der Waals surface area contributed by atoms with Crippen LogP contribution in [0.15, 0.2) is 36.4 Å². The van der Waals surface area contributed by atoms with Gasteiger partial charge < -0.3 is 19.9 Å². The third kappa shape index (κ3) is 3.72. The van der Waals surface area contributed by atoms with Crippen LogP contribution in [0.2, 0.25) is 0 Å². The van der Waals surface area contributed by atoms with Gasteiger partial charge in [-0.3, -0.25) is 4.79 Å². The SMILES string of the molecule is COC(=O)c1ccc(Nc2ccc3c(n2)N(C2CCCCC2)[C@H](C)C(=O)N3C)cc1. The highest BCUT2D eigenvalue weighted by atomic mass is 16.5. The normalized spacial score (nSPS) is 19.4. The van der Waals surface area contributed by atoms with E-state index in [1.54, 1.807) is 17.0 Å². The van der Waals surface area contributed by atoms with Gasteiger partial charge in [-0.15, -0.1) is 0 Å². The lowest BCUT2D eigenvalue weighted by Gasteiger charge is -2.44. The van der Waals surface area contributed by atoms with E-state index < -0.39 is 0 Å². The number of esters is 1. The van der Waals surface area contributed by atoms with E-state index in [1.807, 2.05) is 38.2 Å². The third-order valence-electron chi connectivity index (χ3n) is 6.11. The quantitative estimate of drug-likeness (QED) is 0.767. The molecule has 2 heterocycles. The predicted octanol–water partition coefficient (Wildman–Crippen LogP) is 4.12. The smallest absolute Gasteiger partial charge is 0.337 e. The largest absolute Gasteiger partial charge is 0.465 e. The van der Waals surface area contributed by atoms with Crippen LogP contribution < -0.4 is 15.1 Å². The Hall–Kier alpha value is -3.09. The number of pyridine rings is 1. The Morgan fingerprint density at radius 1 is 1.10 bits per heavy atom. The van der Waals surface area contributed by atoms with E-state index in [-0.39, 0.29) is 17.9 Å². The Kier molecular flexibility index (Phi) is 5.61. The summed E-state index contributed by atoms with van der Waals surface area (Å²) in [5, 5.41) is 3.31. The summed E-state index contributed by atoms with van der Waals surface area (Å²) in [6.07, 6.45) is 5.83. The molecule has 7 heteroatoms. The number of amides is 1. The van der Waals surface area contributed by atoms with Crippen LogP contribution in [0.3, 0.4) is 0 Å². The van der Waals surface area contributed by atoms with Crippen molar-refractivity contribution in [3.8, 4) is 0 Å². The van der Waals surface area contributed by atoms with Gasteiger partial charge in [-0.2, -0.15) is 0 Å². The van der Waals surface area contributed by atoms with E-state index in [0.717, 1.165) is 30.0 Å². The number of likely N-dealkylation sites (N-methyl/N-ethyl adjacent to an activating group) is 1. The number of carbonyl (C=O) groups is 2. The highest BCUT2D eigenvalue weighted by Crippen LogP contribution is 2.39. The average molecular weight is 409 g/mol. The zero-order valence-corrected chi connectivity index (χ0v) is 17.7. The lowest BCUT2D eigenvalue weighted by Crippen LogP contribution is -2.55. The molecule has 1 amide bonds. The zero-order chi connectivity index (χ0) is 21.3. The van der Waals surface area contributed by atoms with Crippen LogP contribution in [-0.2, 0) is 9.53 Å². The van der Waals surface area contributed by atoms with Crippen LogP contribution in [0, 0.1) is 0 Å². The van der Waals surface area contributed by atoms with Crippen molar-refractivity contribution in [2.75, 3.05) is 29.3 Å². The Bertz CT molecular complexity index is 938. The first-order valence-corrected chi connectivity index (χ1v) is 10.5. The van der Waals surface area contributed by atoms with Crippen LogP contribution in [-0.4, -0.2) is 43.1 Å². The summed E-state index contributed by atoms with van der Waals surface area (Å²) in [6, 6.07) is 11.0. The van der Waals surface area contributed by atoms with Gasteiger partial charge in [-0.1, -0.05) is 19.3 Å². The second kappa shape index (κ2) is 8.34. The van der Waals surface area contributed by atoms with Crippen molar-refractivity contribution in [3.05, 3.63) is 42.0 Å². The number of nitrogens with zero attached hydrogens (tertiary/aromatic N) is 3. The number of ether oxygens (including phenoxy) is 1. The van der Waals surface area contributed by atoms with Gasteiger partial charge >= 0.3 is 5.97 Å². The molecule has 0 bridgehead atoms. The molecule has 1 aliphatic heterocycles. The summed E-state index contributed by atoms with van der Waals surface area (Å²) in [7, 11) is 3.18. The van der Waals surface area contributed by atoms with E-state index in [4.69, 9.17) is 9.72 Å². The van der Waals surface area contributed by atoms with E-state index in [2.05, 4.69) is 10.2 Å².